The van der Waals surface area contributed by atoms with Gasteiger partial charge in [-0.25, -0.2) is 0 Å². The standard InChI is InChI=1S/C12H17ClO/c1-8-5-9(2)11(13)10(6-8)12(3,4)7-14/h5-6,14H,7H2,1-4H3. The van der Waals surface area contributed by atoms with Gasteiger partial charge in [0.2, 0.25) is 0 Å². The highest BCUT2D eigenvalue weighted by molar-refractivity contribution is 6.32. The largest absolute Gasteiger partial charge is 0.395 e. The Labute approximate surface area is 90.7 Å². The van der Waals surface area contributed by atoms with Crippen molar-refractivity contribution in [3.8, 4) is 0 Å². The minimum absolute atomic E-state index is 0.107. The van der Waals surface area contributed by atoms with E-state index in [9.17, 15) is 5.11 Å². The highest BCUT2D eigenvalue weighted by Gasteiger charge is 2.23. The minimum Gasteiger partial charge on any atom is -0.395 e. The van der Waals surface area contributed by atoms with E-state index < -0.39 is 0 Å². The van der Waals surface area contributed by atoms with E-state index in [-0.39, 0.29) is 12.0 Å². The Morgan fingerprint density at radius 1 is 1.29 bits per heavy atom. The first-order chi connectivity index (χ1) is 6.38. The Balaban J connectivity index is 3.34. The van der Waals surface area contributed by atoms with Gasteiger partial charge in [-0.1, -0.05) is 43.1 Å². The SMILES string of the molecule is Cc1cc(C)c(Cl)c(C(C)(C)CO)c1. The van der Waals surface area contributed by atoms with Crippen LogP contribution in [0.5, 0.6) is 0 Å². The fourth-order valence-electron chi connectivity index (χ4n) is 1.53. The van der Waals surface area contributed by atoms with Crippen molar-refractivity contribution in [1.82, 2.24) is 0 Å². The number of hydrogen-bond donors (Lipinski definition) is 1. The van der Waals surface area contributed by atoms with E-state index in [0.717, 1.165) is 16.1 Å². The smallest absolute Gasteiger partial charge is 0.0523 e. The Kier molecular flexibility index (Phi) is 3.23. The summed E-state index contributed by atoms with van der Waals surface area (Å²) < 4.78 is 0. The molecule has 0 atom stereocenters. The second-order valence-electron chi connectivity index (χ2n) is 4.49. The van der Waals surface area contributed by atoms with Crippen molar-refractivity contribution in [3.63, 3.8) is 0 Å². The third-order valence-electron chi connectivity index (χ3n) is 2.52. The van der Waals surface area contributed by atoms with Crippen LogP contribution in [0.3, 0.4) is 0 Å². The summed E-state index contributed by atoms with van der Waals surface area (Å²) in [5.74, 6) is 0. The fourth-order valence-corrected chi connectivity index (χ4v) is 1.89. The summed E-state index contributed by atoms with van der Waals surface area (Å²) in [6, 6.07) is 4.10. The number of aryl methyl sites for hydroxylation is 2. The van der Waals surface area contributed by atoms with Crippen LogP contribution < -0.4 is 0 Å². The van der Waals surface area contributed by atoms with Crippen molar-refractivity contribution in [1.29, 1.82) is 0 Å². The molecule has 14 heavy (non-hydrogen) atoms. The molecule has 0 saturated carbocycles. The van der Waals surface area contributed by atoms with Gasteiger partial charge >= 0.3 is 0 Å². The van der Waals surface area contributed by atoms with Crippen LogP contribution in [0.4, 0.5) is 0 Å². The molecule has 0 aromatic heterocycles. The molecule has 0 saturated heterocycles. The lowest BCUT2D eigenvalue weighted by molar-refractivity contribution is 0.218. The molecule has 78 valence electrons. The van der Waals surface area contributed by atoms with Gasteiger partial charge in [0.15, 0.2) is 0 Å². The molecule has 0 amide bonds. The van der Waals surface area contributed by atoms with Crippen LogP contribution in [0.15, 0.2) is 12.1 Å². The predicted molar refractivity (Wildman–Crippen MR) is 61.0 cm³/mol. The summed E-state index contributed by atoms with van der Waals surface area (Å²) in [6.45, 7) is 8.13. The van der Waals surface area contributed by atoms with Crippen LogP contribution in [-0.4, -0.2) is 11.7 Å². The van der Waals surface area contributed by atoms with Gasteiger partial charge in [-0.2, -0.15) is 0 Å². The molecule has 1 aromatic carbocycles. The predicted octanol–water partition coefficient (Wildman–Crippen LogP) is 3.23. The lowest BCUT2D eigenvalue weighted by Gasteiger charge is -2.25. The molecule has 0 spiro atoms. The third kappa shape index (κ3) is 2.10. The lowest BCUT2D eigenvalue weighted by Crippen LogP contribution is -2.23. The van der Waals surface area contributed by atoms with Crippen molar-refractivity contribution in [2.24, 2.45) is 0 Å². The molecule has 0 heterocycles. The Bertz CT molecular complexity index is 342. The van der Waals surface area contributed by atoms with Gasteiger partial charge in [0.05, 0.1) is 6.61 Å². The third-order valence-corrected chi connectivity index (χ3v) is 3.02. The van der Waals surface area contributed by atoms with Crippen LogP contribution in [0, 0.1) is 13.8 Å². The van der Waals surface area contributed by atoms with Crippen molar-refractivity contribution >= 4 is 11.6 Å². The Hall–Kier alpha value is -0.530. The summed E-state index contributed by atoms with van der Waals surface area (Å²) in [5.41, 5.74) is 3.01. The first-order valence-electron chi connectivity index (χ1n) is 4.76. The maximum atomic E-state index is 9.30. The molecule has 2 heteroatoms. The molecule has 0 aliphatic carbocycles. The molecule has 1 N–H and O–H groups in total. The number of aliphatic hydroxyl groups excluding tert-OH is 1. The average Bonchev–Trinajstić information content (AvgIpc) is 2.11. The minimum atomic E-state index is -0.270. The van der Waals surface area contributed by atoms with E-state index in [1.165, 1.54) is 5.56 Å². The number of benzene rings is 1. The van der Waals surface area contributed by atoms with Gasteiger partial charge in [0, 0.05) is 10.4 Å². The molecule has 1 aromatic rings. The Morgan fingerprint density at radius 2 is 1.86 bits per heavy atom. The van der Waals surface area contributed by atoms with Crippen molar-refractivity contribution in [2.45, 2.75) is 33.1 Å². The van der Waals surface area contributed by atoms with Crippen molar-refractivity contribution < 1.29 is 5.11 Å². The van der Waals surface area contributed by atoms with E-state index in [4.69, 9.17) is 11.6 Å². The number of hydrogen-bond acceptors (Lipinski definition) is 1. The van der Waals surface area contributed by atoms with E-state index >= 15 is 0 Å². The second-order valence-corrected chi connectivity index (χ2v) is 4.86. The first-order valence-corrected chi connectivity index (χ1v) is 5.14. The molecule has 1 rings (SSSR count). The average molecular weight is 213 g/mol. The molecule has 0 bridgehead atoms. The number of halogens is 1. The molecule has 0 aliphatic heterocycles. The van der Waals surface area contributed by atoms with Gasteiger partial charge in [-0.3, -0.25) is 0 Å². The van der Waals surface area contributed by atoms with Gasteiger partial charge in [-0.15, -0.1) is 0 Å². The molecule has 0 aliphatic rings. The van der Waals surface area contributed by atoms with Crippen LogP contribution in [-0.2, 0) is 5.41 Å². The molecular formula is C12H17ClO. The second kappa shape index (κ2) is 3.92. The Morgan fingerprint density at radius 3 is 2.36 bits per heavy atom. The molecular weight excluding hydrogens is 196 g/mol. The zero-order valence-corrected chi connectivity index (χ0v) is 9.94. The fraction of sp³-hybridized carbons (Fsp3) is 0.500. The lowest BCUT2D eigenvalue weighted by atomic mass is 9.84. The van der Waals surface area contributed by atoms with E-state index in [1.54, 1.807) is 0 Å². The van der Waals surface area contributed by atoms with Crippen molar-refractivity contribution in [3.05, 3.63) is 33.8 Å². The van der Waals surface area contributed by atoms with Crippen LogP contribution >= 0.6 is 11.6 Å². The normalized spacial score (nSPS) is 11.9. The quantitative estimate of drug-likeness (QED) is 0.798. The molecule has 0 radical (unpaired) electrons. The van der Waals surface area contributed by atoms with Gasteiger partial charge < -0.3 is 5.11 Å². The molecule has 0 unspecified atom stereocenters. The van der Waals surface area contributed by atoms with E-state index in [2.05, 4.69) is 6.07 Å². The zero-order valence-electron chi connectivity index (χ0n) is 9.19. The topological polar surface area (TPSA) is 20.2 Å². The summed E-state index contributed by atoms with van der Waals surface area (Å²) in [7, 11) is 0. The summed E-state index contributed by atoms with van der Waals surface area (Å²) in [5, 5.41) is 10.1. The first kappa shape index (κ1) is 11.5. The van der Waals surface area contributed by atoms with E-state index in [1.807, 2.05) is 33.8 Å². The molecule has 0 fully saturated rings. The summed E-state index contributed by atoms with van der Waals surface area (Å²) in [6.07, 6.45) is 0. The van der Waals surface area contributed by atoms with Crippen LogP contribution in [0.2, 0.25) is 5.02 Å². The highest BCUT2D eigenvalue weighted by atomic mass is 35.5. The summed E-state index contributed by atoms with van der Waals surface area (Å²) >= 11 is 6.22. The van der Waals surface area contributed by atoms with E-state index in [0.29, 0.717) is 0 Å². The van der Waals surface area contributed by atoms with Gasteiger partial charge in [0.25, 0.3) is 0 Å². The highest BCUT2D eigenvalue weighted by Crippen LogP contribution is 2.32. The summed E-state index contributed by atoms with van der Waals surface area (Å²) in [4.78, 5) is 0. The van der Waals surface area contributed by atoms with Crippen LogP contribution in [0.25, 0.3) is 0 Å². The maximum Gasteiger partial charge on any atom is 0.0523 e. The zero-order chi connectivity index (χ0) is 10.9. The number of rotatable bonds is 2. The van der Waals surface area contributed by atoms with Crippen molar-refractivity contribution in [2.75, 3.05) is 6.61 Å². The van der Waals surface area contributed by atoms with Gasteiger partial charge in [-0.05, 0) is 25.0 Å². The van der Waals surface area contributed by atoms with Gasteiger partial charge in [0.1, 0.15) is 0 Å². The number of aliphatic hydroxyl groups is 1. The van der Waals surface area contributed by atoms with Crippen LogP contribution in [0.1, 0.15) is 30.5 Å². The molecule has 1 nitrogen and oxygen atoms in total. The maximum absolute atomic E-state index is 9.30. The monoisotopic (exact) mass is 212 g/mol.